The summed E-state index contributed by atoms with van der Waals surface area (Å²) >= 11 is 3.83. The molecule has 2 heteroatoms. The standard InChI is InChI=1S/C45H29BrO/c46-35-24-26-41-43(28-35)45(39-18-10-8-16-37(39)33-13-5-2-6-14-33)40-25-23-34(31-21-19-30(29-47)20-22-31)27-42(40)44(41)38-17-9-7-15-36(38)32-11-3-1-4-12-32/h1-29H. The van der Waals surface area contributed by atoms with Crippen molar-refractivity contribution in [2.75, 3.05) is 0 Å². The molecule has 8 aromatic carbocycles. The van der Waals surface area contributed by atoms with Gasteiger partial charge in [0.25, 0.3) is 0 Å². The largest absolute Gasteiger partial charge is 0.298 e. The second-order valence-electron chi connectivity index (χ2n) is 11.8. The van der Waals surface area contributed by atoms with Crippen molar-refractivity contribution in [3.05, 3.63) is 180 Å². The Morgan fingerprint density at radius 3 is 1.34 bits per heavy atom. The summed E-state index contributed by atoms with van der Waals surface area (Å²) in [5.74, 6) is 0. The van der Waals surface area contributed by atoms with Gasteiger partial charge < -0.3 is 0 Å². The van der Waals surface area contributed by atoms with E-state index in [0.717, 1.165) is 21.9 Å². The Morgan fingerprint density at radius 2 is 0.809 bits per heavy atom. The summed E-state index contributed by atoms with van der Waals surface area (Å²) in [6.07, 6.45) is 0.892. The van der Waals surface area contributed by atoms with Crippen LogP contribution in [0.2, 0.25) is 0 Å². The van der Waals surface area contributed by atoms with Crippen LogP contribution in [0.1, 0.15) is 10.4 Å². The monoisotopic (exact) mass is 664 g/mol. The zero-order valence-corrected chi connectivity index (χ0v) is 27.1. The highest BCUT2D eigenvalue weighted by molar-refractivity contribution is 9.10. The average Bonchev–Trinajstić information content (AvgIpc) is 3.14. The van der Waals surface area contributed by atoms with Crippen LogP contribution in [0.25, 0.3) is 77.2 Å². The van der Waals surface area contributed by atoms with Crippen LogP contribution in [0.15, 0.2) is 174 Å². The van der Waals surface area contributed by atoms with Crippen molar-refractivity contribution in [3.63, 3.8) is 0 Å². The minimum atomic E-state index is 0.670. The Bertz CT molecular complexity index is 2410. The van der Waals surface area contributed by atoms with Crippen LogP contribution in [0.3, 0.4) is 0 Å². The molecule has 0 N–H and O–H groups in total. The van der Waals surface area contributed by atoms with Gasteiger partial charge in [-0.3, -0.25) is 4.79 Å². The molecular formula is C45H29BrO. The third kappa shape index (κ3) is 5.27. The molecule has 0 heterocycles. The Labute approximate surface area is 282 Å². The first-order valence-corrected chi connectivity index (χ1v) is 16.5. The van der Waals surface area contributed by atoms with E-state index in [4.69, 9.17) is 0 Å². The van der Waals surface area contributed by atoms with Gasteiger partial charge in [-0.1, -0.05) is 168 Å². The summed E-state index contributed by atoms with van der Waals surface area (Å²) in [4.78, 5) is 11.4. The van der Waals surface area contributed by atoms with Crippen LogP contribution in [-0.2, 0) is 0 Å². The second-order valence-corrected chi connectivity index (χ2v) is 12.7. The van der Waals surface area contributed by atoms with E-state index in [1.165, 1.54) is 66.1 Å². The summed E-state index contributed by atoms with van der Waals surface area (Å²) in [6.45, 7) is 0. The zero-order chi connectivity index (χ0) is 31.7. The van der Waals surface area contributed by atoms with E-state index in [1.807, 2.05) is 24.3 Å². The molecule has 0 saturated carbocycles. The normalized spacial score (nSPS) is 11.2. The van der Waals surface area contributed by atoms with Gasteiger partial charge in [-0.15, -0.1) is 0 Å². The number of benzene rings is 8. The van der Waals surface area contributed by atoms with Crippen molar-refractivity contribution in [2.45, 2.75) is 0 Å². The SMILES string of the molecule is O=Cc1ccc(-c2ccc3c(-c4ccccc4-c4ccccc4)c4cc(Br)ccc4c(-c4ccccc4-c4ccccc4)c3c2)cc1. The van der Waals surface area contributed by atoms with Gasteiger partial charge in [0.2, 0.25) is 0 Å². The number of rotatable bonds is 6. The number of carbonyl (C=O) groups is 1. The Balaban J connectivity index is 1.53. The summed E-state index contributed by atoms with van der Waals surface area (Å²) in [5, 5.41) is 4.75. The number of hydrogen-bond acceptors (Lipinski definition) is 1. The highest BCUT2D eigenvalue weighted by Gasteiger charge is 2.21. The van der Waals surface area contributed by atoms with Gasteiger partial charge in [-0.2, -0.15) is 0 Å². The average molecular weight is 666 g/mol. The molecule has 0 saturated heterocycles. The number of fused-ring (bicyclic) bond motifs is 2. The summed E-state index contributed by atoms with van der Waals surface area (Å²) in [5.41, 5.74) is 12.4. The fourth-order valence-electron chi connectivity index (χ4n) is 6.86. The lowest BCUT2D eigenvalue weighted by Crippen LogP contribution is -1.95. The van der Waals surface area contributed by atoms with Crippen molar-refractivity contribution in [2.24, 2.45) is 0 Å². The molecule has 8 aromatic rings. The molecule has 0 bridgehead atoms. The van der Waals surface area contributed by atoms with Crippen LogP contribution >= 0.6 is 15.9 Å². The summed E-state index contributed by atoms with van der Waals surface area (Å²) in [7, 11) is 0. The quantitative estimate of drug-likeness (QED) is 0.128. The third-order valence-corrected chi connectivity index (χ3v) is 9.51. The number of halogens is 1. The zero-order valence-electron chi connectivity index (χ0n) is 25.5. The maximum atomic E-state index is 11.4. The minimum Gasteiger partial charge on any atom is -0.298 e. The van der Waals surface area contributed by atoms with E-state index in [1.54, 1.807) is 0 Å². The van der Waals surface area contributed by atoms with Crippen LogP contribution in [-0.4, -0.2) is 6.29 Å². The Kier molecular flexibility index (Phi) is 7.57. The van der Waals surface area contributed by atoms with E-state index in [0.29, 0.717) is 5.56 Å². The molecule has 0 aliphatic carbocycles. The number of carbonyl (C=O) groups excluding carboxylic acids is 1. The van der Waals surface area contributed by atoms with E-state index >= 15 is 0 Å². The first kappa shape index (κ1) is 28.9. The molecule has 222 valence electrons. The maximum absolute atomic E-state index is 11.4. The van der Waals surface area contributed by atoms with Gasteiger partial charge in [0.05, 0.1) is 0 Å². The lowest BCUT2D eigenvalue weighted by molar-refractivity contribution is 0.112. The Morgan fingerprint density at radius 1 is 0.362 bits per heavy atom. The van der Waals surface area contributed by atoms with Crippen molar-refractivity contribution in [1.82, 2.24) is 0 Å². The molecule has 0 aromatic heterocycles. The summed E-state index contributed by atoms with van der Waals surface area (Å²) in [6, 6.07) is 60.1. The highest BCUT2D eigenvalue weighted by Crippen LogP contribution is 2.49. The van der Waals surface area contributed by atoms with E-state index in [-0.39, 0.29) is 0 Å². The number of hydrogen-bond donors (Lipinski definition) is 0. The van der Waals surface area contributed by atoms with E-state index in [9.17, 15) is 4.79 Å². The molecule has 0 fully saturated rings. The highest BCUT2D eigenvalue weighted by atomic mass is 79.9. The molecule has 0 amide bonds. The van der Waals surface area contributed by atoms with E-state index in [2.05, 4.69) is 162 Å². The van der Waals surface area contributed by atoms with Gasteiger partial charge >= 0.3 is 0 Å². The van der Waals surface area contributed by atoms with Gasteiger partial charge in [0, 0.05) is 10.0 Å². The van der Waals surface area contributed by atoms with Gasteiger partial charge in [0.1, 0.15) is 6.29 Å². The fourth-order valence-corrected chi connectivity index (χ4v) is 7.22. The molecule has 47 heavy (non-hydrogen) atoms. The van der Waals surface area contributed by atoms with Crippen LogP contribution in [0.4, 0.5) is 0 Å². The van der Waals surface area contributed by atoms with Crippen molar-refractivity contribution in [3.8, 4) is 55.6 Å². The van der Waals surface area contributed by atoms with Crippen LogP contribution in [0.5, 0.6) is 0 Å². The minimum absolute atomic E-state index is 0.670. The topological polar surface area (TPSA) is 17.1 Å². The van der Waals surface area contributed by atoms with Gasteiger partial charge in [0.15, 0.2) is 0 Å². The Hall–Kier alpha value is -5.57. The van der Waals surface area contributed by atoms with Crippen molar-refractivity contribution in [1.29, 1.82) is 0 Å². The second kappa shape index (κ2) is 12.3. The molecule has 1 nitrogen and oxygen atoms in total. The first-order chi connectivity index (χ1) is 23.2. The maximum Gasteiger partial charge on any atom is 0.150 e. The molecule has 0 atom stereocenters. The molecule has 0 unspecified atom stereocenters. The molecule has 8 rings (SSSR count). The van der Waals surface area contributed by atoms with Crippen LogP contribution < -0.4 is 0 Å². The summed E-state index contributed by atoms with van der Waals surface area (Å²) < 4.78 is 1.04. The third-order valence-electron chi connectivity index (χ3n) is 9.02. The fraction of sp³-hybridized carbons (Fsp3) is 0. The molecular weight excluding hydrogens is 636 g/mol. The van der Waals surface area contributed by atoms with Crippen molar-refractivity contribution >= 4 is 43.8 Å². The molecule has 0 spiro atoms. The smallest absolute Gasteiger partial charge is 0.150 e. The van der Waals surface area contributed by atoms with Crippen molar-refractivity contribution < 1.29 is 4.79 Å². The van der Waals surface area contributed by atoms with Crippen LogP contribution in [0, 0.1) is 0 Å². The lowest BCUT2D eigenvalue weighted by atomic mass is 9.81. The lowest BCUT2D eigenvalue weighted by Gasteiger charge is -2.22. The molecule has 0 aliphatic heterocycles. The predicted octanol–water partition coefficient (Wildman–Crippen LogP) is 12.9. The molecule has 0 radical (unpaired) electrons. The van der Waals surface area contributed by atoms with Gasteiger partial charge in [-0.25, -0.2) is 0 Å². The predicted molar refractivity (Wildman–Crippen MR) is 202 cm³/mol. The van der Waals surface area contributed by atoms with Gasteiger partial charge in [-0.05, 0) is 95.4 Å². The first-order valence-electron chi connectivity index (χ1n) is 15.7. The van der Waals surface area contributed by atoms with E-state index < -0.39 is 0 Å². The number of aldehydes is 1. The molecule has 0 aliphatic rings.